The second-order valence-corrected chi connectivity index (χ2v) is 5.95. The lowest BCUT2D eigenvalue weighted by Gasteiger charge is -2.16. The first-order valence-corrected chi connectivity index (χ1v) is 7.68. The number of nitrogens with two attached hydrogens (primary N) is 1. The van der Waals surface area contributed by atoms with E-state index in [1.54, 1.807) is 19.2 Å². The number of hydrogen-bond donors (Lipinski definition) is 1. The molecule has 0 bridgehead atoms. The molecule has 0 spiro atoms. The van der Waals surface area contributed by atoms with E-state index in [1.807, 2.05) is 18.2 Å². The fraction of sp³-hybridized carbons (Fsp3) is 0.294. The van der Waals surface area contributed by atoms with Gasteiger partial charge in [-0.05, 0) is 66.8 Å². The number of hydrogen-bond acceptors (Lipinski definition) is 2. The maximum absolute atomic E-state index is 13.4. The van der Waals surface area contributed by atoms with Crippen molar-refractivity contribution in [3.63, 3.8) is 0 Å². The van der Waals surface area contributed by atoms with Gasteiger partial charge in [-0.3, -0.25) is 0 Å². The Kier molecular flexibility index (Phi) is 5.76. The Morgan fingerprint density at radius 3 is 2.71 bits per heavy atom. The second-order valence-electron chi connectivity index (χ2n) is 5.10. The Morgan fingerprint density at radius 1 is 1.19 bits per heavy atom. The smallest absolute Gasteiger partial charge is 0.123 e. The standard InChI is InChI=1S/C17H19BrFNO/c1-21-16-4-2-3-12(9-16)7-13(11-20)8-14-10-15(19)5-6-17(14)18/h2-6,9-10,13H,7-8,11,20H2,1H3. The third-order valence-corrected chi connectivity index (χ3v) is 4.28. The summed E-state index contributed by atoms with van der Waals surface area (Å²) in [6.45, 7) is 0.556. The van der Waals surface area contributed by atoms with E-state index in [1.165, 1.54) is 11.6 Å². The number of benzene rings is 2. The molecule has 2 nitrogen and oxygen atoms in total. The van der Waals surface area contributed by atoms with Crippen molar-refractivity contribution in [2.75, 3.05) is 13.7 Å². The summed E-state index contributed by atoms with van der Waals surface area (Å²) in [5.74, 6) is 0.885. The Balaban J connectivity index is 2.10. The molecular formula is C17H19BrFNO. The van der Waals surface area contributed by atoms with Crippen molar-refractivity contribution in [1.82, 2.24) is 0 Å². The molecule has 0 radical (unpaired) electrons. The van der Waals surface area contributed by atoms with Gasteiger partial charge in [0.2, 0.25) is 0 Å². The molecule has 0 heterocycles. The summed E-state index contributed by atoms with van der Waals surface area (Å²) < 4.78 is 19.5. The molecule has 0 aliphatic carbocycles. The summed E-state index contributed by atoms with van der Waals surface area (Å²) in [5, 5.41) is 0. The third-order valence-electron chi connectivity index (χ3n) is 3.51. The Hall–Kier alpha value is -1.39. The van der Waals surface area contributed by atoms with Crippen molar-refractivity contribution in [3.05, 3.63) is 63.9 Å². The lowest BCUT2D eigenvalue weighted by atomic mass is 9.92. The molecule has 0 saturated heterocycles. The predicted molar refractivity (Wildman–Crippen MR) is 87.0 cm³/mol. The van der Waals surface area contributed by atoms with E-state index in [9.17, 15) is 4.39 Å². The molecule has 2 rings (SSSR count). The molecule has 0 aliphatic heterocycles. The van der Waals surface area contributed by atoms with Crippen LogP contribution in [0.25, 0.3) is 0 Å². The van der Waals surface area contributed by atoms with Gasteiger partial charge >= 0.3 is 0 Å². The highest BCUT2D eigenvalue weighted by atomic mass is 79.9. The lowest BCUT2D eigenvalue weighted by molar-refractivity contribution is 0.413. The van der Waals surface area contributed by atoms with Gasteiger partial charge in [-0.15, -0.1) is 0 Å². The van der Waals surface area contributed by atoms with E-state index >= 15 is 0 Å². The largest absolute Gasteiger partial charge is 0.497 e. The van der Waals surface area contributed by atoms with Crippen molar-refractivity contribution >= 4 is 15.9 Å². The first kappa shape index (κ1) is 16.0. The van der Waals surface area contributed by atoms with Gasteiger partial charge in [0, 0.05) is 4.47 Å². The molecule has 0 aliphatic rings. The molecule has 112 valence electrons. The van der Waals surface area contributed by atoms with E-state index in [4.69, 9.17) is 10.5 Å². The fourth-order valence-electron chi connectivity index (χ4n) is 2.38. The van der Waals surface area contributed by atoms with Crippen LogP contribution in [0.15, 0.2) is 46.9 Å². The predicted octanol–water partition coefficient (Wildman–Crippen LogP) is 3.96. The summed E-state index contributed by atoms with van der Waals surface area (Å²) >= 11 is 3.47. The summed E-state index contributed by atoms with van der Waals surface area (Å²) in [6.07, 6.45) is 1.59. The molecule has 0 amide bonds. The second kappa shape index (κ2) is 7.57. The van der Waals surface area contributed by atoms with Gasteiger partial charge in [0.15, 0.2) is 0 Å². The minimum absolute atomic E-state index is 0.217. The third kappa shape index (κ3) is 4.55. The van der Waals surface area contributed by atoms with Gasteiger partial charge in [0.1, 0.15) is 11.6 Å². The Labute approximate surface area is 133 Å². The summed E-state index contributed by atoms with van der Waals surface area (Å²) in [6, 6.07) is 12.7. The molecule has 1 unspecified atom stereocenters. The number of ether oxygens (including phenoxy) is 1. The normalized spacial score (nSPS) is 12.2. The quantitative estimate of drug-likeness (QED) is 0.854. The highest BCUT2D eigenvalue weighted by Crippen LogP contribution is 2.23. The number of methoxy groups -OCH3 is 1. The zero-order valence-electron chi connectivity index (χ0n) is 12.0. The van der Waals surface area contributed by atoms with Gasteiger partial charge in [-0.2, -0.15) is 0 Å². The van der Waals surface area contributed by atoms with Crippen molar-refractivity contribution in [2.45, 2.75) is 12.8 Å². The summed E-state index contributed by atoms with van der Waals surface area (Å²) in [7, 11) is 1.66. The molecule has 4 heteroatoms. The van der Waals surface area contributed by atoms with Crippen LogP contribution in [0.1, 0.15) is 11.1 Å². The van der Waals surface area contributed by atoms with E-state index in [-0.39, 0.29) is 11.7 Å². The van der Waals surface area contributed by atoms with Crippen LogP contribution in [-0.2, 0) is 12.8 Å². The monoisotopic (exact) mass is 351 g/mol. The fourth-order valence-corrected chi connectivity index (χ4v) is 2.79. The van der Waals surface area contributed by atoms with Crippen LogP contribution in [0, 0.1) is 11.7 Å². The van der Waals surface area contributed by atoms with E-state index in [0.29, 0.717) is 6.54 Å². The lowest BCUT2D eigenvalue weighted by Crippen LogP contribution is -2.19. The van der Waals surface area contributed by atoms with Gasteiger partial charge in [-0.25, -0.2) is 4.39 Å². The van der Waals surface area contributed by atoms with E-state index in [2.05, 4.69) is 22.0 Å². The highest BCUT2D eigenvalue weighted by molar-refractivity contribution is 9.10. The van der Waals surface area contributed by atoms with Crippen molar-refractivity contribution in [1.29, 1.82) is 0 Å². The van der Waals surface area contributed by atoms with Crippen LogP contribution in [-0.4, -0.2) is 13.7 Å². The molecule has 21 heavy (non-hydrogen) atoms. The van der Waals surface area contributed by atoms with Gasteiger partial charge < -0.3 is 10.5 Å². The van der Waals surface area contributed by atoms with Crippen LogP contribution < -0.4 is 10.5 Å². The van der Waals surface area contributed by atoms with Crippen LogP contribution in [0.5, 0.6) is 5.75 Å². The molecule has 1 atom stereocenters. The SMILES string of the molecule is COc1cccc(CC(CN)Cc2cc(F)ccc2Br)c1. The van der Waals surface area contributed by atoms with Crippen LogP contribution >= 0.6 is 15.9 Å². The van der Waals surface area contributed by atoms with Crippen LogP contribution in [0.3, 0.4) is 0 Å². The maximum Gasteiger partial charge on any atom is 0.123 e. The summed E-state index contributed by atoms with van der Waals surface area (Å²) in [4.78, 5) is 0. The maximum atomic E-state index is 13.4. The first-order valence-electron chi connectivity index (χ1n) is 6.89. The molecule has 2 aromatic rings. The topological polar surface area (TPSA) is 35.2 Å². The van der Waals surface area contributed by atoms with Gasteiger partial charge in [-0.1, -0.05) is 28.1 Å². The zero-order chi connectivity index (χ0) is 15.2. The number of rotatable bonds is 6. The van der Waals surface area contributed by atoms with E-state index < -0.39 is 0 Å². The van der Waals surface area contributed by atoms with Crippen LogP contribution in [0.4, 0.5) is 4.39 Å². The molecular weight excluding hydrogens is 333 g/mol. The minimum Gasteiger partial charge on any atom is -0.497 e. The van der Waals surface area contributed by atoms with Crippen LogP contribution in [0.2, 0.25) is 0 Å². The molecule has 0 fully saturated rings. The summed E-state index contributed by atoms with van der Waals surface area (Å²) in [5.41, 5.74) is 8.02. The molecule has 2 N–H and O–H groups in total. The Morgan fingerprint density at radius 2 is 2.00 bits per heavy atom. The van der Waals surface area contributed by atoms with Crippen molar-refractivity contribution in [2.24, 2.45) is 11.7 Å². The van der Waals surface area contributed by atoms with Crippen molar-refractivity contribution in [3.8, 4) is 5.75 Å². The molecule has 0 saturated carbocycles. The van der Waals surface area contributed by atoms with Gasteiger partial charge in [0.25, 0.3) is 0 Å². The number of halogens is 2. The highest BCUT2D eigenvalue weighted by Gasteiger charge is 2.12. The van der Waals surface area contributed by atoms with E-state index in [0.717, 1.165) is 28.6 Å². The minimum atomic E-state index is -0.217. The zero-order valence-corrected chi connectivity index (χ0v) is 13.6. The Bertz CT molecular complexity index is 603. The molecule has 0 aromatic heterocycles. The van der Waals surface area contributed by atoms with Crippen molar-refractivity contribution < 1.29 is 9.13 Å². The first-order chi connectivity index (χ1) is 10.1. The average molecular weight is 352 g/mol. The molecule has 2 aromatic carbocycles. The average Bonchev–Trinajstić information content (AvgIpc) is 2.50. The van der Waals surface area contributed by atoms with Gasteiger partial charge in [0.05, 0.1) is 7.11 Å².